The van der Waals surface area contributed by atoms with E-state index in [1.807, 2.05) is 26.4 Å². The van der Waals surface area contributed by atoms with E-state index >= 15 is 0 Å². The van der Waals surface area contributed by atoms with Gasteiger partial charge in [-0.15, -0.1) is 11.3 Å². The van der Waals surface area contributed by atoms with Crippen LogP contribution in [-0.2, 0) is 6.54 Å². The summed E-state index contributed by atoms with van der Waals surface area (Å²) in [5, 5.41) is 6.26. The van der Waals surface area contributed by atoms with Crippen LogP contribution in [0.2, 0.25) is 5.02 Å². The first kappa shape index (κ1) is 13.6. The highest BCUT2D eigenvalue weighted by Gasteiger charge is 2.22. The number of halogens is 1. The first-order chi connectivity index (χ1) is 8.69. The van der Waals surface area contributed by atoms with Gasteiger partial charge in [0.25, 0.3) is 0 Å². The molecule has 0 bridgehead atoms. The van der Waals surface area contributed by atoms with Gasteiger partial charge < -0.3 is 9.88 Å². The van der Waals surface area contributed by atoms with E-state index in [1.165, 1.54) is 0 Å². The van der Waals surface area contributed by atoms with Crippen LogP contribution in [0.5, 0.6) is 0 Å². The van der Waals surface area contributed by atoms with E-state index < -0.39 is 0 Å². The number of nitrogens with one attached hydrogen (secondary N) is 1. The SMILES string of the molecule is CCCn1ccnc1C(NC)c1scc(C)c1Cl. The lowest BCUT2D eigenvalue weighted by molar-refractivity contribution is 0.573. The van der Waals surface area contributed by atoms with E-state index in [0.717, 1.165) is 34.3 Å². The Kier molecular flexibility index (Phi) is 4.43. The zero-order chi connectivity index (χ0) is 13.1. The molecule has 1 N–H and O–H groups in total. The second-order valence-corrected chi connectivity index (χ2v) is 5.59. The molecule has 3 nitrogen and oxygen atoms in total. The standard InChI is InChI=1S/C13H18ClN3S/c1-4-6-17-7-5-16-13(17)11(15-3)12-10(14)9(2)8-18-12/h5,7-8,11,15H,4,6H2,1-3H3. The molecule has 0 saturated carbocycles. The number of thiophene rings is 1. The van der Waals surface area contributed by atoms with Crippen molar-refractivity contribution in [3.05, 3.63) is 39.1 Å². The Hall–Kier alpha value is -0.840. The highest BCUT2D eigenvalue weighted by Crippen LogP contribution is 2.35. The molecular formula is C13H18ClN3S. The van der Waals surface area contributed by atoms with Gasteiger partial charge in [-0.1, -0.05) is 18.5 Å². The van der Waals surface area contributed by atoms with Crippen molar-refractivity contribution in [2.45, 2.75) is 32.9 Å². The molecule has 0 aromatic carbocycles. The zero-order valence-electron chi connectivity index (χ0n) is 10.9. The van der Waals surface area contributed by atoms with Gasteiger partial charge in [-0.25, -0.2) is 4.98 Å². The first-order valence-corrected chi connectivity index (χ1v) is 7.36. The number of imidazole rings is 1. The maximum Gasteiger partial charge on any atom is 0.131 e. The van der Waals surface area contributed by atoms with E-state index in [0.29, 0.717) is 0 Å². The number of hydrogen-bond acceptors (Lipinski definition) is 3. The summed E-state index contributed by atoms with van der Waals surface area (Å²) in [6.45, 7) is 5.18. The van der Waals surface area contributed by atoms with Gasteiger partial charge in [0.15, 0.2) is 0 Å². The molecule has 0 amide bonds. The Morgan fingerprint density at radius 2 is 2.33 bits per heavy atom. The van der Waals surface area contributed by atoms with Gasteiger partial charge in [-0.05, 0) is 31.3 Å². The minimum absolute atomic E-state index is 0.0674. The molecule has 0 aliphatic heterocycles. The van der Waals surface area contributed by atoms with E-state index in [9.17, 15) is 0 Å². The minimum Gasteiger partial charge on any atom is -0.333 e. The summed E-state index contributed by atoms with van der Waals surface area (Å²) < 4.78 is 2.19. The molecule has 2 aromatic heterocycles. The molecule has 0 aliphatic rings. The highest BCUT2D eigenvalue weighted by molar-refractivity contribution is 7.10. The number of aryl methyl sites for hydroxylation is 2. The molecule has 2 rings (SSSR count). The average molecular weight is 284 g/mol. The minimum atomic E-state index is 0.0674. The van der Waals surface area contributed by atoms with Gasteiger partial charge in [0.1, 0.15) is 11.9 Å². The van der Waals surface area contributed by atoms with Crippen LogP contribution >= 0.6 is 22.9 Å². The summed E-state index contributed by atoms with van der Waals surface area (Å²) in [6, 6.07) is 0.0674. The Balaban J connectivity index is 2.39. The van der Waals surface area contributed by atoms with Crippen LogP contribution in [0.1, 0.15) is 35.7 Å². The largest absolute Gasteiger partial charge is 0.333 e. The smallest absolute Gasteiger partial charge is 0.131 e. The van der Waals surface area contributed by atoms with Crippen LogP contribution in [0.3, 0.4) is 0 Å². The van der Waals surface area contributed by atoms with Crippen LogP contribution in [-0.4, -0.2) is 16.6 Å². The van der Waals surface area contributed by atoms with Gasteiger partial charge in [-0.2, -0.15) is 0 Å². The molecule has 98 valence electrons. The van der Waals surface area contributed by atoms with Gasteiger partial charge in [-0.3, -0.25) is 0 Å². The van der Waals surface area contributed by atoms with Crippen molar-refractivity contribution >= 4 is 22.9 Å². The van der Waals surface area contributed by atoms with E-state index in [1.54, 1.807) is 11.3 Å². The Bertz CT molecular complexity index is 518. The second kappa shape index (κ2) is 5.87. The quantitative estimate of drug-likeness (QED) is 0.908. The maximum atomic E-state index is 6.36. The van der Waals surface area contributed by atoms with E-state index in [2.05, 4.69) is 27.2 Å². The molecule has 5 heteroatoms. The third kappa shape index (κ3) is 2.46. The van der Waals surface area contributed by atoms with Crippen molar-refractivity contribution in [3.63, 3.8) is 0 Å². The summed E-state index contributed by atoms with van der Waals surface area (Å²) in [7, 11) is 1.95. The number of rotatable bonds is 5. The fourth-order valence-corrected chi connectivity index (χ4v) is 3.44. The average Bonchev–Trinajstić information content (AvgIpc) is 2.93. The first-order valence-electron chi connectivity index (χ1n) is 6.10. The lowest BCUT2D eigenvalue weighted by Gasteiger charge is -2.17. The van der Waals surface area contributed by atoms with Crippen LogP contribution in [0.15, 0.2) is 17.8 Å². The van der Waals surface area contributed by atoms with Crippen molar-refractivity contribution in [1.29, 1.82) is 0 Å². The van der Waals surface area contributed by atoms with Crippen LogP contribution in [0, 0.1) is 6.92 Å². The molecule has 2 aromatic rings. The summed E-state index contributed by atoms with van der Waals surface area (Å²) in [6.07, 6.45) is 4.97. The van der Waals surface area contributed by atoms with Crippen molar-refractivity contribution in [2.24, 2.45) is 0 Å². The van der Waals surface area contributed by atoms with E-state index in [4.69, 9.17) is 11.6 Å². The van der Waals surface area contributed by atoms with Crippen LogP contribution < -0.4 is 5.32 Å². The number of aromatic nitrogens is 2. The summed E-state index contributed by atoms with van der Waals surface area (Å²) >= 11 is 8.05. The van der Waals surface area contributed by atoms with Crippen molar-refractivity contribution < 1.29 is 0 Å². The predicted octanol–water partition coefficient (Wildman–Crippen LogP) is 3.63. The summed E-state index contributed by atoms with van der Waals surface area (Å²) in [5.41, 5.74) is 1.13. The van der Waals surface area contributed by atoms with Gasteiger partial charge in [0.2, 0.25) is 0 Å². The van der Waals surface area contributed by atoms with Crippen LogP contribution in [0.4, 0.5) is 0 Å². The maximum absolute atomic E-state index is 6.36. The lowest BCUT2D eigenvalue weighted by Crippen LogP contribution is -2.21. The van der Waals surface area contributed by atoms with Gasteiger partial charge in [0, 0.05) is 23.8 Å². The Morgan fingerprint density at radius 3 is 2.89 bits per heavy atom. The van der Waals surface area contributed by atoms with Crippen LogP contribution in [0.25, 0.3) is 0 Å². The monoisotopic (exact) mass is 283 g/mol. The second-order valence-electron chi connectivity index (χ2n) is 4.30. The molecule has 18 heavy (non-hydrogen) atoms. The van der Waals surface area contributed by atoms with Gasteiger partial charge in [0.05, 0.1) is 5.02 Å². The molecule has 0 radical (unpaired) electrons. The third-order valence-electron chi connectivity index (χ3n) is 2.95. The molecule has 0 saturated heterocycles. The normalized spacial score (nSPS) is 12.9. The Labute approximate surface area is 117 Å². The molecule has 1 unspecified atom stereocenters. The van der Waals surface area contributed by atoms with Crippen molar-refractivity contribution in [1.82, 2.24) is 14.9 Å². The van der Waals surface area contributed by atoms with Crippen molar-refractivity contribution in [2.75, 3.05) is 7.05 Å². The summed E-state index contributed by atoms with van der Waals surface area (Å²) in [5.74, 6) is 1.03. The number of nitrogens with zero attached hydrogens (tertiary/aromatic N) is 2. The highest BCUT2D eigenvalue weighted by atomic mass is 35.5. The predicted molar refractivity (Wildman–Crippen MR) is 77.5 cm³/mol. The van der Waals surface area contributed by atoms with E-state index in [-0.39, 0.29) is 6.04 Å². The zero-order valence-corrected chi connectivity index (χ0v) is 12.5. The molecule has 0 fully saturated rings. The van der Waals surface area contributed by atoms with Gasteiger partial charge >= 0.3 is 0 Å². The molecule has 2 heterocycles. The summed E-state index contributed by atoms with van der Waals surface area (Å²) in [4.78, 5) is 5.62. The molecular weight excluding hydrogens is 266 g/mol. The third-order valence-corrected chi connectivity index (χ3v) is 4.73. The molecule has 0 aliphatic carbocycles. The number of hydrogen-bond donors (Lipinski definition) is 1. The lowest BCUT2D eigenvalue weighted by atomic mass is 10.2. The fraction of sp³-hybridized carbons (Fsp3) is 0.462. The van der Waals surface area contributed by atoms with Crippen molar-refractivity contribution in [3.8, 4) is 0 Å². The molecule has 1 atom stereocenters. The topological polar surface area (TPSA) is 29.9 Å². The Morgan fingerprint density at radius 1 is 1.56 bits per heavy atom. The fourth-order valence-electron chi connectivity index (χ4n) is 2.03. The molecule has 0 spiro atoms.